The number of unbranched alkanes of at least 4 members (excludes halogenated alkanes) is 1. The maximum absolute atomic E-state index is 12.7. The van der Waals surface area contributed by atoms with Crippen LogP contribution in [0, 0.1) is 0 Å². The van der Waals surface area contributed by atoms with Crippen LogP contribution in [0.3, 0.4) is 0 Å². The molecular formula is C21H31N3O4. The number of ether oxygens (including phenoxy) is 1. The van der Waals surface area contributed by atoms with Gasteiger partial charge in [-0.25, -0.2) is 4.79 Å². The molecule has 0 radical (unpaired) electrons. The standard InChI is InChI=1S/C21H31N3O4/c1-4-19(25)22-15-11-10-14-18(20(26)24(5-2)6-3)23-21(27)28-16-17-12-8-7-9-13-17/h4,7-9,12-13,18H,1,5-6,10-11,14-16H2,2-3H3,(H,22,25)(H,23,27)/t18-/m0/s1. The first-order valence-corrected chi connectivity index (χ1v) is 9.68. The van der Waals surface area contributed by atoms with Crippen molar-refractivity contribution in [1.82, 2.24) is 15.5 Å². The maximum Gasteiger partial charge on any atom is 0.408 e. The maximum atomic E-state index is 12.7. The average molecular weight is 389 g/mol. The number of likely N-dealkylation sites (N-methyl/N-ethyl adjacent to an activating group) is 1. The second kappa shape index (κ2) is 13.4. The first kappa shape index (κ1) is 23.2. The Morgan fingerprint density at radius 1 is 1.14 bits per heavy atom. The van der Waals surface area contributed by atoms with E-state index in [4.69, 9.17) is 4.74 Å². The molecule has 28 heavy (non-hydrogen) atoms. The predicted molar refractivity (Wildman–Crippen MR) is 109 cm³/mol. The number of alkyl carbamates (subject to hydrolysis) is 1. The molecule has 0 saturated heterocycles. The van der Waals surface area contributed by atoms with Crippen LogP contribution in [0.15, 0.2) is 43.0 Å². The Balaban J connectivity index is 2.56. The Morgan fingerprint density at radius 3 is 2.43 bits per heavy atom. The van der Waals surface area contributed by atoms with Crippen LogP contribution >= 0.6 is 0 Å². The van der Waals surface area contributed by atoms with E-state index in [1.807, 2.05) is 44.2 Å². The zero-order valence-electron chi connectivity index (χ0n) is 16.8. The molecule has 2 N–H and O–H groups in total. The molecule has 3 amide bonds. The highest BCUT2D eigenvalue weighted by molar-refractivity contribution is 5.86. The van der Waals surface area contributed by atoms with Gasteiger partial charge in [0.05, 0.1) is 0 Å². The molecule has 1 aromatic carbocycles. The second-order valence-corrected chi connectivity index (χ2v) is 6.26. The Labute approximate surface area is 167 Å². The lowest BCUT2D eigenvalue weighted by molar-refractivity contribution is -0.133. The van der Waals surface area contributed by atoms with Gasteiger partial charge in [-0.05, 0) is 44.7 Å². The largest absolute Gasteiger partial charge is 0.445 e. The summed E-state index contributed by atoms with van der Waals surface area (Å²) in [5.74, 6) is -0.352. The fourth-order valence-corrected chi connectivity index (χ4v) is 2.68. The summed E-state index contributed by atoms with van der Waals surface area (Å²) in [5, 5.41) is 5.39. The number of hydrogen-bond donors (Lipinski definition) is 2. The summed E-state index contributed by atoms with van der Waals surface area (Å²) in [6, 6.07) is 8.70. The van der Waals surface area contributed by atoms with Crippen LogP contribution in [0.2, 0.25) is 0 Å². The predicted octanol–water partition coefficient (Wildman–Crippen LogP) is 2.62. The third kappa shape index (κ3) is 8.70. The lowest BCUT2D eigenvalue weighted by atomic mass is 10.1. The molecule has 0 fully saturated rings. The van der Waals surface area contributed by atoms with Crippen molar-refractivity contribution in [3.8, 4) is 0 Å². The van der Waals surface area contributed by atoms with E-state index < -0.39 is 12.1 Å². The van der Waals surface area contributed by atoms with Crippen LogP contribution in [0.4, 0.5) is 4.79 Å². The van der Waals surface area contributed by atoms with E-state index in [2.05, 4.69) is 17.2 Å². The average Bonchev–Trinajstić information content (AvgIpc) is 2.72. The number of benzene rings is 1. The van der Waals surface area contributed by atoms with Gasteiger partial charge in [0.2, 0.25) is 11.8 Å². The van der Waals surface area contributed by atoms with Crippen LogP contribution in [-0.2, 0) is 20.9 Å². The van der Waals surface area contributed by atoms with Gasteiger partial charge in [0.25, 0.3) is 0 Å². The zero-order valence-corrected chi connectivity index (χ0v) is 16.8. The molecule has 0 aliphatic heterocycles. The van der Waals surface area contributed by atoms with Gasteiger partial charge in [-0.2, -0.15) is 0 Å². The molecule has 7 nitrogen and oxygen atoms in total. The number of rotatable bonds is 12. The Bertz CT molecular complexity index is 630. The fraction of sp³-hybridized carbons (Fsp3) is 0.476. The van der Waals surface area contributed by atoms with E-state index >= 15 is 0 Å². The van der Waals surface area contributed by atoms with Crippen LogP contribution in [0.5, 0.6) is 0 Å². The highest BCUT2D eigenvalue weighted by Crippen LogP contribution is 2.07. The molecule has 1 atom stereocenters. The third-order valence-corrected chi connectivity index (χ3v) is 4.28. The summed E-state index contributed by atoms with van der Waals surface area (Å²) < 4.78 is 5.24. The smallest absolute Gasteiger partial charge is 0.408 e. The monoisotopic (exact) mass is 389 g/mol. The van der Waals surface area contributed by atoms with E-state index in [0.717, 1.165) is 5.56 Å². The van der Waals surface area contributed by atoms with Gasteiger partial charge < -0.3 is 20.3 Å². The number of nitrogens with zero attached hydrogens (tertiary/aromatic N) is 1. The van der Waals surface area contributed by atoms with E-state index in [-0.39, 0.29) is 18.4 Å². The molecule has 0 aliphatic carbocycles. The number of nitrogens with one attached hydrogen (secondary N) is 2. The van der Waals surface area contributed by atoms with Crippen molar-refractivity contribution in [2.75, 3.05) is 19.6 Å². The molecular weight excluding hydrogens is 358 g/mol. The van der Waals surface area contributed by atoms with Gasteiger partial charge in [-0.15, -0.1) is 0 Å². The van der Waals surface area contributed by atoms with E-state index in [1.54, 1.807) is 4.90 Å². The third-order valence-electron chi connectivity index (χ3n) is 4.28. The highest BCUT2D eigenvalue weighted by atomic mass is 16.5. The fourth-order valence-electron chi connectivity index (χ4n) is 2.68. The molecule has 1 aromatic rings. The summed E-state index contributed by atoms with van der Waals surface area (Å²) in [6.07, 6.45) is 2.45. The van der Waals surface area contributed by atoms with Gasteiger partial charge in [-0.1, -0.05) is 36.9 Å². The quantitative estimate of drug-likeness (QED) is 0.425. The molecule has 0 bridgehead atoms. The zero-order chi connectivity index (χ0) is 20.8. The topological polar surface area (TPSA) is 87.7 Å². The summed E-state index contributed by atoms with van der Waals surface area (Å²) in [4.78, 5) is 37.7. The lowest BCUT2D eigenvalue weighted by Crippen LogP contribution is -2.48. The lowest BCUT2D eigenvalue weighted by Gasteiger charge is -2.25. The molecule has 0 heterocycles. The summed E-state index contributed by atoms with van der Waals surface area (Å²) in [5.41, 5.74) is 0.877. The molecule has 1 rings (SSSR count). The normalized spacial score (nSPS) is 11.2. The van der Waals surface area contributed by atoms with Crippen molar-refractivity contribution in [2.24, 2.45) is 0 Å². The minimum absolute atomic E-state index is 0.128. The van der Waals surface area contributed by atoms with Crippen molar-refractivity contribution in [1.29, 1.82) is 0 Å². The SMILES string of the molecule is C=CC(=O)NCCCC[C@H](NC(=O)OCc1ccccc1)C(=O)N(CC)CC. The molecule has 0 spiro atoms. The van der Waals surface area contributed by atoms with Crippen LogP contribution in [0.25, 0.3) is 0 Å². The highest BCUT2D eigenvalue weighted by Gasteiger charge is 2.24. The van der Waals surface area contributed by atoms with Crippen molar-refractivity contribution in [3.63, 3.8) is 0 Å². The van der Waals surface area contributed by atoms with Crippen LogP contribution < -0.4 is 10.6 Å². The molecule has 7 heteroatoms. The summed E-state index contributed by atoms with van der Waals surface area (Å²) in [6.45, 7) is 8.98. The Hall–Kier alpha value is -2.83. The number of hydrogen-bond acceptors (Lipinski definition) is 4. The number of carbonyl (C=O) groups is 3. The van der Waals surface area contributed by atoms with Crippen LogP contribution in [-0.4, -0.2) is 48.5 Å². The molecule has 0 saturated carbocycles. The van der Waals surface area contributed by atoms with Crippen molar-refractivity contribution >= 4 is 17.9 Å². The van der Waals surface area contributed by atoms with Gasteiger partial charge in [0.1, 0.15) is 12.6 Å². The van der Waals surface area contributed by atoms with Crippen molar-refractivity contribution in [3.05, 3.63) is 48.6 Å². The molecule has 0 unspecified atom stereocenters. The Kier molecular flexibility index (Phi) is 11.1. The van der Waals surface area contributed by atoms with E-state index in [1.165, 1.54) is 6.08 Å². The first-order valence-electron chi connectivity index (χ1n) is 9.68. The van der Waals surface area contributed by atoms with E-state index in [0.29, 0.717) is 38.9 Å². The van der Waals surface area contributed by atoms with E-state index in [9.17, 15) is 14.4 Å². The second-order valence-electron chi connectivity index (χ2n) is 6.26. The summed E-state index contributed by atoms with van der Waals surface area (Å²) >= 11 is 0. The number of carbonyl (C=O) groups excluding carboxylic acids is 3. The molecule has 154 valence electrons. The van der Waals surface area contributed by atoms with Crippen molar-refractivity contribution in [2.45, 2.75) is 45.8 Å². The van der Waals surface area contributed by atoms with Gasteiger partial charge >= 0.3 is 6.09 Å². The summed E-state index contributed by atoms with van der Waals surface area (Å²) in [7, 11) is 0. The van der Waals surface area contributed by atoms with Crippen LogP contribution in [0.1, 0.15) is 38.7 Å². The minimum Gasteiger partial charge on any atom is -0.445 e. The Morgan fingerprint density at radius 2 is 1.82 bits per heavy atom. The first-order chi connectivity index (χ1) is 13.5. The van der Waals surface area contributed by atoms with Crippen molar-refractivity contribution < 1.29 is 19.1 Å². The van der Waals surface area contributed by atoms with Gasteiger partial charge in [0.15, 0.2) is 0 Å². The van der Waals surface area contributed by atoms with Gasteiger partial charge in [-0.3, -0.25) is 9.59 Å². The molecule has 0 aromatic heterocycles. The number of amides is 3. The van der Waals surface area contributed by atoms with Gasteiger partial charge in [0, 0.05) is 19.6 Å². The minimum atomic E-state index is -0.654. The molecule has 0 aliphatic rings.